The number of benzene rings is 1. The summed E-state index contributed by atoms with van der Waals surface area (Å²) < 4.78 is 0. The number of amides is 1. The highest BCUT2D eigenvalue weighted by Crippen LogP contribution is 2.40. The number of rotatable bonds is 5. The summed E-state index contributed by atoms with van der Waals surface area (Å²) in [6.07, 6.45) is 5.17. The molecule has 2 N–H and O–H groups in total. The number of amidine groups is 1. The number of aromatic nitrogens is 1. The lowest BCUT2D eigenvalue weighted by Gasteiger charge is -2.42. The lowest BCUT2D eigenvalue weighted by atomic mass is 9.88. The zero-order valence-corrected chi connectivity index (χ0v) is 15.0. The van der Waals surface area contributed by atoms with Crippen LogP contribution in [0.5, 0.6) is 0 Å². The van der Waals surface area contributed by atoms with Gasteiger partial charge in [0.25, 0.3) is 5.91 Å². The molecule has 0 radical (unpaired) electrons. The third-order valence-corrected chi connectivity index (χ3v) is 5.12. The Morgan fingerprint density at radius 2 is 2.28 bits per heavy atom. The number of carbonyl (C=O) groups is 1. The molecule has 1 saturated heterocycles. The van der Waals surface area contributed by atoms with E-state index in [1.54, 1.807) is 6.20 Å². The third-order valence-electron chi connectivity index (χ3n) is 4.34. The molecule has 0 aliphatic carbocycles. The van der Waals surface area contributed by atoms with Crippen LogP contribution in [0.1, 0.15) is 34.8 Å². The van der Waals surface area contributed by atoms with Gasteiger partial charge in [0, 0.05) is 24.5 Å². The Balaban J connectivity index is 1.64. The van der Waals surface area contributed by atoms with Crippen LogP contribution >= 0.6 is 11.8 Å². The Hall–Kier alpha value is -2.34. The number of pyridine rings is 1. The van der Waals surface area contributed by atoms with Gasteiger partial charge in [0.15, 0.2) is 0 Å². The third kappa shape index (κ3) is 4.39. The van der Waals surface area contributed by atoms with Crippen LogP contribution in [0, 0.1) is 5.41 Å². The zero-order valence-electron chi connectivity index (χ0n) is 14.2. The van der Waals surface area contributed by atoms with Gasteiger partial charge in [-0.25, -0.2) is 0 Å². The Labute approximate surface area is 152 Å². The van der Waals surface area contributed by atoms with E-state index < -0.39 is 5.54 Å². The molecule has 3 rings (SSSR count). The first kappa shape index (κ1) is 17.5. The van der Waals surface area contributed by atoms with E-state index in [-0.39, 0.29) is 5.91 Å². The lowest BCUT2D eigenvalue weighted by molar-refractivity contribution is 0.0954. The van der Waals surface area contributed by atoms with Gasteiger partial charge in [-0.15, -0.1) is 11.8 Å². The zero-order chi connectivity index (χ0) is 17.7. The number of thioether (sulfide) groups is 1. The Morgan fingerprint density at radius 1 is 1.40 bits per heavy atom. The summed E-state index contributed by atoms with van der Waals surface area (Å²) in [4.78, 5) is 16.5. The summed E-state index contributed by atoms with van der Waals surface area (Å²) in [5.41, 5.74) is 2.29. The van der Waals surface area contributed by atoms with Crippen LogP contribution in [-0.2, 0) is 12.0 Å². The highest BCUT2D eigenvalue weighted by atomic mass is 32.2. The van der Waals surface area contributed by atoms with Crippen LogP contribution in [-0.4, -0.2) is 28.4 Å². The number of carbonyl (C=O) groups excluding carboxylic acids is 1. The van der Waals surface area contributed by atoms with E-state index in [1.807, 2.05) is 49.5 Å². The van der Waals surface area contributed by atoms with Crippen molar-refractivity contribution in [3.05, 3.63) is 70.8 Å². The topological polar surface area (TPSA) is 79.9 Å². The van der Waals surface area contributed by atoms with Gasteiger partial charge in [0.05, 0.1) is 0 Å². The number of nitrogens with one attached hydrogen (secondary N) is 2. The minimum atomic E-state index is -0.422. The fourth-order valence-electron chi connectivity index (χ4n) is 2.83. The lowest BCUT2D eigenvalue weighted by Crippen LogP contribution is -2.29. The molecule has 2 heterocycles. The quantitative estimate of drug-likeness (QED) is 0.860. The summed E-state index contributed by atoms with van der Waals surface area (Å²) in [5, 5.41) is 15.6. The first-order valence-corrected chi connectivity index (χ1v) is 9.27. The van der Waals surface area contributed by atoms with E-state index in [2.05, 4.69) is 15.6 Å². The van der Waals surface area contributed by atoms with Gasteiger partial charge in [-0.1, -0.05) is 25.1 Å². The second-order valence-corrected chi connectivity index (χ2v) is 7.32. The van der Waals surface area contributed by atoms with Crippen molar-refractivity contribution >= 4 is 22.8 Å². The molecule has 1 aromatic heterocycles. The van der Waals surface area contributed by atoms with E-state index in [9.17, 15) is 4.79 Å². The molecule has 1 aliphatic rings. The first-order valence-electron chi connectivity index (χ1n) is 8.29. The van der Waals surface area contributed by atoms with Crippen LogP contribution in [0.2, 0.25) is 0 Å². The molecule has 130 valence electrons. The van der Waals surface area contributed by atoms with Crippen molar-refractivity contribution in [3.8, 4) is 0 Å². The Morgan fingerprint density at radius 3 is 3.04 bits per heavy atom. The number of nitrogens with zero attached hydrogens (tertiary/aromatic N) is 2. The van der Waals surface area contributed by atoms with Crippen LogP contribution in [0.4, 0.5) is 0 Å². The summed E-state index contributed by atoms with van der Waals surface area (Å²) in [6.45, 7) is 2.60. The Kier molecular flexibility index (Phi) is 5.38. The smallest absolute Gasteiger partial charge is 0.251 e. The molecule has 1 fully saturated rings. The highest BCUT2D eigenvalue weighted by molar-refractivity contribution is 8.14. The van der Waals surface area contributed by atoms with Crippen LogP contribution in [0.25, 0.3) is 5.32 Å². The first-order chi connectivity index (χ1) is 12.1. The van der Waals surface area contributed by atoms with Crippen LogP contribution < -0.4 is 5.32 Å². The average molecular weight is 353 g/mol. The summed E-state index contributed by atoms with van der Waals surface area (Å²) in [6, 6.07) is 11.5. The SMILES string of the molecule is CC1(c2cccc(C(=O)NCCc3cccnc3)c2)CCSC(=N)[N-]1. The summed E-state index contributed by atoms with van der Waals surface area (Å²) in [5.74, 6) is 0.787. The second-order valence-electron chi connectivity index (χ2n) is 6.24. The van der Waals surface area contributed by atoms with E-state index in [1.165, 1.54) is 11.8 Å². The molecule has 1 aliphatic heterocycles. The maximum atomic E-state index is 12.4. The molecule has 2 aromatic rings. The average Bonchev–Trinajstić information content (AvgIpc) is 2.62. The molecule has 1 atom stereocenters. The van der Waals surface area contributed by atoms with Crippen molar-refractivity contribution in [3.63, 3.8) is 0 Å². The monoisotopic (exact) mass is 353 g/mol. The largest absolute Gasteiger partial charge is 0.477 e. The van der Waals surface area contributed by atoms with Crippen molar-refractivity contribution in [1.82, 2.24) is 10.3 Å². The molecular weight excluding hydrogens is 332 g/mol. The number of hydrogen-bond acceptors (Lipinski definition) is 4. The van der Waals surface area contributed by atoms with Crippen molar-refractivity contribution in [2.24, 2.45) is 0 Å². The van der Waals surface area contributed by atoms with E-state index in [4.69, 9.17) is 5.41 Å². The van der Waals surface area contributed by atoms with Crippen molar-refractivity contribution < 1.29 is 4.79 Å². The molecule has 5 nitrogen and oxygen atoms in total. The van der Waals surface area contributed by atoms with Gasteiger partial charge < -0.3 is 16.0 Å². The van der Waals surface area contributed by atoms with Crippen LogP contribution in [0.3, 0.4) is 0 Å². The van der Waals surface area contributed by atoms with E-state index in [0.29, 0.717) is 17.3 Å². The summed E-state index contributed by atoms with van der Waals surface area (Å²) in [7, 11) is 0. The molecular formula is C19H21N4OS-. The molecule has 0 bridgehead atoms. The van der Waals surface area contributed by atoms with Gasteiger partial charge in [0.2, 0.25) is 0 Å². The van der Waals surface area contributed by atoms with Gasteiger partial charge >= 0.3 is 0 Å². The standard InChI is InChI=1S/C19H22N4OS/c1-19(8-11-25-18(20)23-19)16-6-2-5-15(12-16)17(24)22-10-7-14-4-3-9-21-13-14/h2-6,9,12-13H,7-8,10-11H2,1H3,(H3,20,22,23,24)/p-1. The highest BCUT2D eigenvalue weighted by Gasteiger charge is 2.26. The predicted octanol–water partition coefficient (Wildman–Crippen LogP) is 3.71. The van der Waals surface area contributed by atoms with E-state index >= 15 is 0 Å². The molecule has 6 heteroatoms. The maximum absolute atomic E-state index is 12.4. The molecule has 1 amide bonds. The van der Waals surface area contributed by atoms with Crippen molar-refractivity contribution in [2.75, 3.05) is 12.3 Å². The van der Waals surface area contributed by atoms with Gasteiger partial charge in [0.1, 0.15) is 0 Å². The molecule has 1 unspecified atom stereocenters. The fraction of sp³-hybridized carbons (Fsp3) is 0.316. The van der Waals surface area contributed by atoms with Crippen molar-refractivity contribution in [2.45, 2.75) is 25.3 Å². The molecule has 1 aromatic carbocycles. The maximum Gasteiger partial charge on any atom is 0.251 e. The van der Waals surface area contributed by atoms with Crippen molar-refractivity contribution in [1.29, 1.82) is 5.41 Å². The Bertz CT molecular complexity index is 765. The van der Waals surface area contributed by atoms with Gasteiger partial charge in [-0.2, -0.15) is 0 Å². The minimum absolute atomic E-state index is 0.0883. The fourth-order valence-corrected chi connectivity index (χ4v) is 3.79. The van der Waals surface area contributed by atoms with Gasteiger partial charge in [-0.3, -0.25) is 9.78 Å². The second kappa shape index (κ2) is 7.70. The van der Waals surface area contributed by atoms with Crippen LogP contribution in [0.15, 0.2) is 48.8 Å². The molecule has 25 heavy (non-hydrogen) atoms. The van der Waals surface area contributed by atoms with Gasteiger partial charge in [-0.05, 0) is 58.6 Å². The summed E-state index contributed by atoms with van der Waals surface area (Å²) >= 11 is 1.47. The van der Waals surface area contributed by atoms with E-state index in [0.717, 1.165) is 29.7 Å². The normalized spacial score (nSPS) is 20.0. The predicted molar refractivity (Wildman–Crippen MR) is 102 cm³/mol. The number of hydrogen-bond donors (Lipinski definition) is 2. The molecule has 0 saturated carbocycles. The minimum Gasteiger partial charge on any atom is -0.477 e. The molecule has 0 spiro atoms.